The Morgan fingerprint density at radius 2 is 1.75 bits per heavy atom. The van der Waals surface area contributed by atoms with Gasteiger partial charge in [0.25, 0.3) is 0 Å². The molecule has 2 aliphatic heterocycles. The number of fused-ring (bicyclic) bond motifs is 1. The molecule has 144 valence electrons. The average Bonchev–Trinajstić information content (AvgIpc) is 3.15. The highest BCUT2D eigenvalue weighted by molar-refractivity contribution is 6.09. The Labute approximate surface area is 161 Å². The quantitative estimate of drug-likeness (QED) is 0.594. The SMILES string of the molecule is Cc1ccccc1C1NC(Cc2ccc(O)cc2)(C(=O)O)C2C(=O)NC(=O)C12. The molecule has 2 aromatic carbocycles. The number of carbonyl (C=O) groups excluding carboxylic acids is 2. The van der Waals surface area contributed by atoms with Gasteiger partial charge in [0.1, 0.15) is 11.3 Å². The van der Waals surface area contributed by atoms with Crippen LogP contribution in [0.2, 0.25) is 0 Å². The lowest BCUT2D eigenvalue weighted by atomic mass is 9.76. The zero-order valence-electron chi connectivity index (χ0n) is 15.2. The summed E-state index contributed by atoms with van der Waals surface area (Å²) in [5, 5.41) is 25.1. The molecule has 0 aromatic heterocycles. The minimum Gasteiger partial charge on any atom is -0.508 e. The van der Waals surface area contributed by atoms with Crippen molar-refractivity contribution in [1.29, 1.82) is 0 Å². The zero-order valence-corrected chi connectivity index (χ0v) is 15.2. The molecule has 4 unspecified atom stereocenters. The Hall–Kier alpha value is -3.19. The fourth-order valence-corrected chi connectivity index (χ4v) is 4.50. The summed E-state index contributed by atoms with van der Waals surface area (Å²) in [6.45, 7) is 1.89. The second-order valence-electron chi connectivity index (χ2n) is 7.46. The third-order valence-corrected chi connectivity index (χ3v) is 5.82. The van der Waals surface area contributed by atoms with E-state index in [0.717, 1.165) is 11.1 Å². The van der Waals surface area contributed by atoms with E-state index in [-0.39, 0.29) is 12.2 Å². The lowest BCUT2D eigenvalue weighted by Crippen LogP contribution is -2.57. The van der Waals surface area contributed by atoms with Gasteiger partial charge >= 0.3 is 5.97 Å². The third-order valence-electron chi connectivity index (χ3n) is 5.82. The van der Waals surface area contributed by atoms with Gasteiger partial charge in [0.05, 0.1) is 11.8 Å². The molecular weight excluding hydrogens is 360 g/mol. The number of aryl methyl sites for hydroxylation is 1. The van der Waals surface area contributed by atoms with Gasteiger partial charge < -0.3 is 10.2 Å². The highest BCUT2D eigenvalue weighted by Gasteiger charge is 2.66. The summed E-state index contributed by atoms with van der Waals surface area (Å²) < 4.78 is 0. The fourth-order valence-electron chi connectivity index (χ4n) is 4.50. The molecule has 4 atom stereocenters. The first-order valence-electron chi connectivity index (χ1n) is 9.03. The predicted molar refractivity (Wildman–Crippen MR) is 99.4 cm³/mol. The Morgan fingerprint density at radius 3 is 2.39 bits per heavy atom. The van der Waals surface area contributed by atoms with Crippen molar-refractivity contribution >= 4 is 17.8 Å². The second-order valence-corrected chi connectivity index (χ2v) is 7.46. The average molecular weight is 380 g/mol. The maximum atomic E-state index is 12.6. The number of hydrogen-bond donors (Lipinski definition) is 4. The van der Waals surface area contributed by atoms with E-state index in [4.69, 9.17) is 0 Å². The van der Waals surface area contributed by atoms with Gasteiger partial charge in [-0.2, -0.15) is 0 Å². The summed E-state index contributed by atoms with van der Waals surface area (Å²) in [5.41, 5.74) is 0.724. The van der Waals surface area contributed by atoms with Crippen LogP contribution >= 0.6 is 0 Å². The molecule has 2 aliphatic rings. The van der Waals surface area contributed by atoms with Crippen molar-refractivity contribution < 1.29 is 24.6 Å². The number of rotatable bonds is 4. The Kier molecular flexibility index (Phi) is 4.19. The minimum absolute atomic E-state index is 0.00681. The van der Waals surface area contributed by atoms with Gasteiger partial charge in [-0.25, -0.2) is 0 Å². The molecule has 4 N–H and O–H groups in total. The Morgan fingerprint density at radius 1 is 1.07 bits per heavy atom. The number of hydrogen-bond acceptors (Lipinski definition) is 5. The van der Waals surface area contributed by atoms with Crippen molar-refractivity contribution in [3.8, 4) is 5.75 Å². The standard InChI is InChI=1S/C21H20N2O5/c1-11-4-2-3-5-14(11)17-15-16(19(26)22-18(15)25)21(23-17,20(27)28)10-12-6-8-13(24)9-7-12/h2-9,15-17,23-24H,10H2,1H3,(H,27,28)(H,22,25,26). The van der Waals surface area contributed by atoms with E-state index in [0.29, 0.717) is 5.56 Å². The van der Waals surface area contributed by atoms with Crippen LogP contribution in [-0.4, -0.2) is 33.5 Å². The highest BCUT2D eigenvalue weighted by atomic mass is 16.4. The van der Waals surface area contributed by atoms with E-state index in [1.165, 1.54) is 12.1 Å². The first-order chi connectivity index (χ1) is 13.3. The van der Waals surface area contributed by atoms with Crippen LogP contribution in [-0.2, 0) is 20.8 Å². The molecule has 2 heterocycles. The van der Waals surface area contributed by atoms with Crippen molar-refractivity contribution in [3.63, 3.8) is 0 Å². The van der Waals surface area contributed by atoms with Crippen LogP contribution in [0, 0.1) is 18.8 Å². The summed E-state index contributed by atoms with van der Waals surface area (Å²) in [5.74, 6) is -3.98. The van der Waals surface area contributed by atoms with Crippen LogP contribution in [0.4, 0.5) is 0 Å². The van der Waals surface area contributed by atoms with Crippen molar-refractivity contribution in [3.05, 3.63) is 65.2 Å². The molecule has 28 heavy (non-hydrogen) atoms. The van der Waals surface area contributed by atoms with Crippen LogP contribution in [0.3, 0.4) is 0 Å². The van der Waals surface area contributed by atoms with Gasteiger partial charge in [-0.05, 0) is 35.7 Å². The van der Waals surface area contributed by atoms with Gasteiger partial charge in [-0.15, -0.1) is 0 Å². The normalized spacial score (nSPS) is 28.8. The van der Waals surface area contributed by atoms with Crippen molar-refractivity contribution in [2.24, 2.45) is 11.8 Å². The molecular formula is C21H20N2O5. The summed E-state index contributed by atoms with van der Waals surface area (Å²) in [6.07, 6.45) is 0.00681. The number of aromatic hydroxyl groups is 1. The fraction of sp³-hybridized carbons (Fsp3) is 0.286. The smallest absolute Gasteiger partial charge is 0.325 e. The summed E-state index contributed by atoms with van der Waals surface area (Å²) in [6, 6.07) is 13.0. The van der Waals surface area contributed by atoms with Crippen LogP contribution in [0.1, 0.15) is 22.7 Å². The number of amides is 2. The molecule has 4 rings (SSSR count). The van der Waals surface area contributed by atoms with Gasteiger partial charge in [0.2, 0.25) is 11.8 Å². The van der Waals surface area contributed by atoms with E-state index >= 15 is 0 Å². The summed E-state index contributed by atoms with van der Waals surface area (Å²) >= 11 is 0. The molecule has 7 nitrogen and oxygen atoms in total. The maximum Gasteiger partial charge on any atom is 0.325 e. The molecule has 0 radical (unpaired) electrons. The number of imide groups is 1. The molecule has 7 heteroatoms. The first-order valence-corrected chi connectivity index (χ1v) is 9.03. The van der Waals surface area contributed by atoms with Gasteiger partial charge in [-0.1, -0.05) is 36.4 Å². The minimum atomic E-state index is -1.63. The van der Waals surface area contributed by atoms with Gasteiger partial charge in [-0.3, -0.25) is 25.0 Å². The van der Waals surface area contributed by atoms with Gasteiger partial charge in [0.15, 0.2) is 0 Å². The largest absolute Gasteiger partial charge is 0.508 e. The lowest BCUT2D eigenvalue weighted by molar-refractivity contribution is -0.149. The number of aliphatic carboxylic acids is 1. The second kappa shape index (κ2) is 6.45. The number of carbonyl (C=O) groups is 3. The van der Waals surface area contributed by atoms with Crippen molar-refractivity contribution in [1.82, 2.24) is 10.6 Å². The molecule has 2 aromatic rings. The van der Waals surface area contributed by atoms with Crippen LogP contribution in [0.5, 0.6) is 5.75 Å². The van der Waals surface area contributed by atoms with E-state index in [9.17, 15) is 24.6 Å². The monoisotopic (exact) mass is 380 g/mol. The summed E-state index contributed by atoms with van der Waals surface area (Å²) in [4.78, 5) is 37.6. The number of phenols is 1. The topological polar surface area (TPSA) is 116 Å². The Balaban J connectivity index is 1.83. The van der Waals surface area contributed by atoms with E-state index in [2.05, 4.69) is 10.6 Å². The van der Waals surface area contributed by atoms with Gasteiger partial charge in [0, 0.05) is 12.5 Å². The Bertz CT molecular complexity index is 971. The lowest BCUT2D eigenvalue weighted by Gasteiger charge is -2.30. The highest BCUT2D eigenvalue weighted by Crippen LogP contribution is 2.48. The molecule has 0 spiro atoms. The molecule has 0 bridgehead atoms. The number of carboxylic acid groups (broad SMARTS) is 1. The molecule has 2 saturated heterocycles. The molecule has 2 fully saturated rings. The zero-order chi connectivity index (χ0) is 20.1. The van der Waals surface area contributed by atoms with E-state index in [1.54, 1.807) is 12.1 Å². The van der Waals surface area contributed by atoms with E-state index < -0.39 is 41.2 Å². The predicted octanol–water partition coefficient (Wildman–Crippen LogP) is 1.30. The number of nitrogens with one attached hydrogen (secondary N) is 2. The van der Waals surface area contributed by atoms with Crippen LogP contribution in [0.25, 0.3) is 0 Å². The number of phenolic OH excluding ortho intramolecular Hbond substituents is 1. The van der Waals surface area contributed by atoms with Crippen LogP contribution in [0.15, 0.2) is 48.5 Å². The van der Waals surface area contributed by atoms with Crippen LogP contribution < -0.4 is 10.6 Å². The third kappa shape index (κ3) is 2.66. The number of carboxylic acids is 1. The first kappa shape index (κ1) is 18.2. The number of benzene rings is 2. The molecule has 2 amide bonds. The van der Waals surface area contributed by atoms with Crippen molar-refractivity contribution in [2.45, 2.75) is 24.9 Å². The van der Waals surface area contributed by atoms with E-state index in [1.807, 2.05) is 31.2 Å². The molecule has 0 aliphatic carbocycles. The van der Waals surface area contributed by atoms with Crippen molar-refractivity contribution in [2.75, 3.05) is 0 Å². The summed E-state index contributed by atoms with van der Waals surface area (Å²) in [7, 11) is 0. The molecule has 0 saturated carbocycles. The maximum absolute atomic E-state index is 12.6.